The Morgan fingerprint density at radius 1 is 1.16 bits per heavy atom. The molecular weight excluding hydrogens is 324 g/mol. The van der Waals surface area contributed by atoms with Crippen molar-refractivity contribution in [1.82, 2.24) is 0 Å². The first-order valence-electron chi connectivity index (χ1n) is 8.43. The third-order valence-corrected chi connectivity index (χ3v) is 3.94. The highest BCUT2D eigenvalue weighted by molar-refractivity contribution is 5.27. The molecule has 6 nitrogen and oxygen atoms in total. The van der Waals surface area contributed by atoms with Crippen molar-refractivity contribution in [3.8, 4) is 5.75 Å². The fourth-order valence-corrected chi connectivity index (χ4v) is 2.66. The number of ether oxygens (including phenoxy) is 3. The predicted molar refractivity (Wildman–Crippen MR) is 90.1 cm³/mol. The van der Waals surface area contributed by atoms with Gasteiger partial charge in [0.15, 0.2) is 12.1 Å². The number of aliphatic hydroxyl groups is 1. The lowest BCUT2D eigenvalue weighted by Crippen LogP contribution is -2.22. The first-order valence-corrected chi connectivity index (χ1v) is 8.43. The van der Waals surface area contributed by atoms with Gasteiger partial charge in [0.25, 0.3) is 0 Å². The molecule has 25 heavy (non-hydrogen) atoms. The van der Waals surface area contributed by atoms with Gasteiger partial charge in [0.2, 0.25) is 11.2 Å². The van der Waals surface area contributed by atoms with E-state index in [4.69, 9.17) is 18.6 Å². The molecule has 1 saturated heterocycles. The third-order valence-electron chi connectivity index (χ3n) is 3.94. The molecular formula is C19H22O6. The molecule has 0 radical (unpaired) electrons. The highest BCUT2D eigenvalue weighted by Crippen LogP contribution is 2.19. The molecule has 1 aromatic carbocycles. The Hall–Kier alpha value is -2.15. The van der Waals surface area contributed by atoms with E-state index in [2.05, 4.69) is 0 Å². The Kier molecular flexibility index (Phi) is 6.22. The summed E-state index contributed by atoms with van der Waals surface area (Å²) in [6, 6.07) is 10.8. The smallest absolute Gasteiger partial charge is 0.227 e. The first-order chi connectivity index (χ1) is 12.3. The molecule has 1 atom stereocenters. The average Bonchev–Trinajstić information content (AvgIpc) is 2.66. The predicted octanol–water partition coefficient (Wildman–Crippen LogP) is 2.75. The Morgan fingerprint density at radius 3 is 2.72 bits per heavy atom. The van der Waals surface area contributed by atoms with Gasteiger partial charge < -0.3 is 23.7 Å². The molecule has 0 spiro atoms. The van der Waals surface area contributed by atoms with Crippen LogP contribution in [0.1, 0.15) is 36.3 Å². The van der Waals surface area contributed by atoms with Crippen molar-refractivity contribution in [3.05, 3.63) is 63.7 Å². The van der Waals surface area contributed by atoms with E-state index >= 15 is 0 Å². The molecule has 0 aliphatic carbocycles. The fraction of sp³-hybridized carbons (Fsp3) is 0.421. The maximum absolute atomic E-state index is 12.3. The lowest BCUT2D eigenvalue weighted by Gasteiger charge is -2.22. The van der Waals surface area contributed by atoms with Gasteiger partial charge in [0.1, 0.15) is 25.6 Å². The summed E-state index contributed by atoms with van der Waals surface area (Å²) < 4.78 is 22.2. The zero-order valence-corrected chi connectivity index (χ0v) is 14.0. The molecule has 0 amide bonds. The van der Waals surface area contributed by atoms with Gasteiger partial charge in [-0.3, -0.25) is 4.79 Å². The van der Waals surface area contributed by atoms with Crippen LogP contribution in [0.15, 0.2) is 45.6 Å². The molecule has 2 aromatic rings. The van der Waals surface area contributed by atoms with E-state index < -0.39 is 6.61 Å². The van der Waals surface area contributed by atoms with Gasteiger partial charge in [0, 0.05) is 12.7 Å². The van der Waals surface area contributed by atoms with Crippen molar-refractivity contribution in [2.75, 3.05) is 6.61 Å². The second-order valence-corrected chi connectivity index (χ2v) is 5.87. The largest absolute Gasteiger partial charge is 0.482 e. The summed E-state index contributed by atoms with van der Waals surface area (Å²) >= 11 is 0. The minimum absolute atomic E-state index is 0.0315. The Labute approximate surface area is 146 Å². The van der Waals surface area contributed by atoms with Gasteiger partial charge in [-0.2, -0.15) is 0 Å². The first kappa shape index (κ1) is 17.7. The molecule has 1 aliphatic rings. The number of rotatable bonds is 7. The minimum atomic E-state index is -0.423. The van der Waals surface area contributed by atoms with Gasteiger partial charge in [-0.1, -0.05) is 30.3 Å². The molecule has 0 saturated carbocycles. The van der Waals surface area contributed by atoms with Crippen LogP contribution < -0.4 is 10.2 Å². The zero-order chi connectivity index (χ0) is 17.5. The van der Waals surface area contributed by atoms with Gasteiger partial charge in [-0.15, -0.1) is 0 Å². The minimum Gasteiger partial charge on any atom is -0.482 e. The zero-order valence-electron chi connectivity index (χ0n) is 14.0. The maximum atomic E-state index is 12.3. The van der Waals surface area contributed by atoms with Crippen molar-refractivity contribution in [2.45, 2.75) is 45.4 Å². The van der Waals surface area contributed by atoms with Crippen LogP contribution in [0.4, 0.5) is 0 Å². The van der Waals surface area contributed by atoms with Crippen LogP contribution in [-0.2, 0) is 29.3 Å². The molecule has 0 bridgehead atoms. The summed E-state index contributed by atoms with van der Waals surface area (Å²) in [5, 5.41) is 9.50. The lowest BCUT2D eigenvalue weighted by molar-refractivity contribution is -0.171. The van der Waals surface area contributed by atoms with Crippen molar-refractivity contribution in [3.63, 3.8) is 0 Å². The Morgan fingerprint density at radius 2 is 2.00 bits per heavy atom. The van der Waals surface area contributed by atoms with Crippen LogP contribution in [0.3, 0.4) is 0 Å². The van der Waals surface area contributed by atoms with Crippen LogP contribution >= 0.6 is 0 Å². The number of hydrogen-bond donors (Lipinski definition) is 1. The fourth-order valence-electron chi connectivity index (χ4n) is 2.66. The molecule has 134 valence electrons. The molecule has 1 aliphatic heterocycles. The Balaban J connectivity index is 1.66. The quantitative estimate of drug-likeness (QED) is 0.830. The van der Waals surface area contributed by atoms with E-state index in [0.717, 1.165) is 24.8 Å². The number of hydrogen-bond acceptors (Lipinski definition) is 6. The van der Waals surface area contributed by atoms with Crippen molar-refractivity contribution in [1.29, 1.82) is 0 Å². The van der Waals surface area contributed by atoms with E-state index in [1.807, 2.05) is 30.3 Å². The van der Waals surface area contributed by atoms with Gasteiger partial charge in [-0.05, 0) is 24.8 Å². The summed E-state index contributed by atoms with van der Waals surface area (Å²) in [5.41, 5.74) is 0.585. The highest BCUT2D eigenvalue weighted by Gasteiger charge is 2.17. The van der Waals surface area contributed by atoms with Crippen molar-refractivity contribution >= 4 is 0 Å². The standard InChI is InChI=1S/C19H22O6/c20-11-17-19(24-12-14-6-2-1-3-7-14)16(21)10-15(25-17)13-23-18-8-4-5-9-22-18/h1-3,6-7,10,18,20H,4-5,8-9,11-13H2. The van der Waals surface area contributed by atoms with Crippen molar-refractivity contribution in [2.24, 2.45) is 0 Å². The molecule has 1 unspecified atom stereocenters. The highest BCUT2D eigenvalue weighted by atomic mass is 16.7. The van der Waals surface area contributed by atoms with E-state index in [1.165, 1.54) is 6.07 Å². The van der Waals surface area contributed by atoms with E-state index in [9.17, 15) is 9.90 Å². The van der Waals surface area contributed by atoms with Gasteiger partial charge >= 0.3 is 0 Å². The summed E-state index contributed by atoms with van der Waals surface area (Å²) in [6.45, 7) is 0.603. The number of aliphatic hydroxyl groups excluding tert-OH is 1. The van der Waals surface area contributed by atoms with Crippen LogP contribution in [-0.4, -0.2) is 18.0 Å². The van der Waals surface area contributed by atoms with E-state index in [1.54, 1.807) is 0 Å². The van der Waals surface area contributed by atoms with Gasteiger partial charge in [-0.25, -0.2) is 0 Å². The lowest BCUT2D eigenvalue weighted by atomic mass is 10.2. The normalized spacial score (nSPS) is 17.4. The molecule has 3 rings (SSSR count). The van der Waals surface area contributed by atoms with Crippen molar-refractivity contribution < 1.29 is 23.7 Å². The second kappa shape index (κ2) is 8.80. The molecule has 1 aromatic heterocycles. The number of benzene rings is 1. The molecule has 6 heteroatoms. The molecule has 1 N–H and O–H groups in total. The average molecular weight is 346 g/mol. The Bertz CT molecular complexity index is 718. The topological polar surface area (TPSA) is 78.1 Å². The summed E-state index contributed by atoms with van der Waals surface area (Å²) in [6.07, 6.45) is 2.65. The maximum Gasteiger partial charge on any atom is 0.227 e. The molecule has 2 heterocycles. The SMILES string of the molecule is O=c1cc(COC2CCCCO2)oc(CO)c1OCc1ccccc1. The third kappa shape index (κ3) is 4.92. The molecule has 1 fully saturated rings. The van der Waals surface area contributed by atoms with Crippen LogP contribution in [0.2, 0.25) is 0 Å². The monoisotopic (exact) mass is 346 g/mol. The van der Waals surface area contributed by atoms with Crippen LogP contribution in [0.25, 0.3) is 0 Å². The summed E-state index contributed by atoms with van der Waals surface area (Å²) in [4.78, 5) is 12.3. The summed E-state index contributed by atoms with van der Waals surface area (Å²) in [5.74, 6) is 0.478. The van der Waals surface area contributed by atoms with E-state index in [-0.39, 0.29) is 36.4 Å². The van der Waals surface area contributed by atoms with Gasteiger partial charge in [0.05, 0.1) is 0 Å². The van der Waals surface area contributed by atoms with E-state index in [0.29, 0.717) is 12.4 Å². The van der Waals surface area contributed by atoms with Crippen LogP contribution in [0.5, 0.6) is 5.75 Å². The summed E-state index contributed by atoms with van der Waals surface area (Å²) in [7, 11) is 0. The van der Waals surface area contributed by atoms with Crippen LogP contribution in [0, 0.1) is 0 Å². The second-order valence-electron chi connectivity index (χ2n) is 5.87.